The Kier molecular flexibility index (Phi) is 5.39. The van der Waals surface area contributed by atoms with E-state index < -0.39 is 0 Å². The number of hydrogen-bond donors (Lipinski definition) is 1. The molecular weight excluding hydrogens is 328 g/mol. The molecule has 0 saturated heterocycles. The Morgan fingerprint density at radius 3 is 2.52 bits per heavy atom. The second kappa shape index (κ2) is 7.27. The third-order valence-corrected chi connectivity index (χ3v) is 3.96. The number of benzene rings is 2. The summed E-state index contributed by atoms with van der Waals surface area (Å²) < 4.78 is 0.809. The van der Waals surface area contributed by atoms with Gasteiger partial charge in [-0.2, -0.15) is 0 Å². The Morgan fingerprint density at radius 2 is 1.90 bits per heavy atom. The molecule has 4 heteroatoms. The summed E-state index contributed by atoms with van der Waals surface area (Å²) in [6.07, 6.45) is 0.921. The summed E-state index contributed by atoms with van der Waals surface area (Å²) in [4.78, 5) is 14.5. The van der Waals surface area contributed by atoms with Crippen LogP contribution < -0.4 is 5.73 Å². The number of amides is 1. The number of nitrogens with zero attached hydrogens (tertiary/aromatic N) is 1. The number of rotatable bonds is 5. The summed E-state index contributed by atoms with van der Waals surface area (Å²) in [6, 6.07) is 15.4. The molecule has 3 nitrogen and oxygen atoms in total. The zero-order chi connectivity index (χ0) is 15.2. The first-order valence-corrected chi connectivity index (χ1v) is 7.79. The SMILES string of the molecule is CCCN(Cc1ccccc1)C(=O)c1ccc(Br)c(N)c1. The van der Waals surface area contributed by atoms with Gasteiger partial charge >= 0.3 is 0 Å². The number of nitrogen functional groups attached to an aromatic ring is 1. The topological polar surface area (TPSA) is 46.3 Å². The minimum absolute atomic E-state index is 0.0138. The highest BCUT2D eigenvalue weighted by atomic mass is 79.9. The average molecular weight is 347 g/mol. The number of halogens is 1. The van der Waals surface area contributed by atoms with Crippen molar-refractivity contribution in [2.24, 2.45) is 0 Å². The molecule has 0 saturated carbocycles. The molecular formula is C17H19BrN2O. The molecule has 1 amide bonds. The second-order valence-electron chi connectivity index (χ2n) is 4.95. The fraction of sp³-hybridized carbons (Fsp3) is 0.235. The van der Waals surface area contributed by atoms with E-state index in [9.17, 15) is 4.79 Å². The molecule has 0 spiro atoms. The maximum absolute atomic E-state index is 12.7. The normalized spacial score (nSPS) is 10.4. The van der Waals surface area contributed by atoms with E-state index in [1.54, 1.807) is 12.1 Å². The average Bonchev–Trinajstić information content (AvgIpc) is 2.50. The van der Waals surface area contributed by atoms with Crippen molar-refractivity contribution >= 4 is 27.5 Å². The zero-order valence-electron chi connectivity index (χ0n) is 12.1. The lowest BCUT2D eigenvalue weighted by Crippen LogP contribution is -2.31. The molecule has 0 aromatic heterocycles. The van der Waals surface area contributed by atoms with Gasteiger partial charge in [-0.05, 0) is 46.1 Å². The summed E-state index contributed by atoms with van der Waals surface area (Å²) in [5.74, 6) is 0.0138. The second-order valence-corrected chi connectivity index (χ2v) is 5.80. The zero-order valence-corrected chi connectivity index (χ0v) is 13.6. The number of carbonyl (C=O) groups is 1. The maximum atomic E-state index is 12.7. The first-order chi connectivity index (χ1) is 10.1. The molecule has 0 radical (unpaired) electrons. The van der Waals surface area contributed by atoms with Crippen molar-refractivity contribution in [3.8, 4) is 0 Å². The van der Waals surface area contributed by atoms with Crippen LogP contribution in [0.15, 0.2) is 53.0 Å². The molecule has 21 heavy (non-hydrogen) atoms. The van der Waals surface area contributed by atoms with E-state index in [2.05, 4.69) is 22.9 Å². The third kappa shape index (κ3) is 4.08. The molecule has 0 bridgehead atoms. The molecule has 0 unspecified atom stereocenters. The molecule has 0 heterocycles. The van der Waals surface area contributed by atoms with Crippen molar-refractivity contribution < 1.29 is 4.79 Å². The van der Waals surface area contributed by atoms with Crippen LogP contribution in [-0.4, -0.2) is 17.4 Å². The third-order valence-electron chi connectivity index (χ3n) is 3.24. The number of anilines is 1. The largest absolute Gasteiger partial charge is 0.398 e. The molecule has 0 aliphatic heterocycles. The quantitative estimate of drug-likeness (QED) is 0.829. The van der Waals surface area contributed by atoms with Gasteiger partial charge in [-0.25, -0.2) is 0 Å². The molecule has 0 aliphatic carbocycles. The van der Waals surface area contributed by atoms with Crippen LogP contribution >= 0.6 is 15.9 Å². The highest BCUT2D eigenvalue weighted by Gasteiger charge is 2.16. The van der Waals surface area contributed by atoms with E-state index >= 15 is 0 Å². The number of nitrogens with two attached hydrogens (primary N) is 1. The Balaban J connectivity index is 2.20. The van der Waals surface area contributed by atoms with Gasteiger partial charge in [0, 0.05) is 28.8 Å². The molecule has 2 aromatic carbocycles. The van der Waals surface area contributed by atoms with Crippen molar-refractivity contribution in [2.75, 3.05) is 12.3 Å². The fourth-order valence-corrected chi connectivity index (χ4v) is 2.43. The van der Waals surface area contributed by atoms with Crippen molar-refractivity contribution in [1.82, 2.24) is 4.90 Å². The Morgan fingerprint density at radius 1 is 1.19 bits per heavy atom. The van der Waals surface area contributed by atoms with Crippen LogP contribution in [0, 0.1) is 0 Å². The van der Waals surface area contributed by atoms with E-state index in [4.69, 9.17) is 5.73 Å². The highest BCUT2D eigenvalue weighted by molar-refractivity contribution is 9.10. The van der Waals surface area contributed by atoms with Crippen LogP contribution in [0.25, 0.3) is 0 Å². The van der Waals surface area contributed by atoms with Gasteiger partial charge in [0.2, 0.25) is 0 Å². The highest BCUT2D eigenvalue weighted by Crippen LogP contribution is 2.21. The molecule has 0 aliphatic rings. The van der Waals surface area contributed by atoms with E-state index in [1.807, 2.05) is 41.3 Å². The minimum Gasteiger partial charge on any atom is -0.398 e. The summed E-state index contributed by atoms with van der Waals surface area (Å²) >= 11 is 3.35. The van der Waals surface area contributed by atoms with E-state index in [-0.39, 0.29) is 5.91 Å². The van der Waals surface area contributed by atoms with Crippen molar-refractivity contribution in [1.29, 1.82) is 0 Å². The fourth-order valence-electron chi connectivity index (χ4n) is 2.19. The molecule has 0 fully saturated rings. The Labute approximate surface area is 133 Å². The number of carbonyl (C=O) groups excluding carboxylic acids is 1. The smallest absolute Gasteiger partial charge is 0.254 e. The Bertz CT molecular complexity index is 613. The minimum atomic E-state index is 0.0138. The Hall–Kier alpha value is -1.81. The lowest BCUT2D eigenvalue weighted by Gasteiger charge is -2.22. The first kappa shape index (κ1) is 15.6. The van der Waals surface area contributed by atoms with Gasteiger partial charge in [0.25, 0.3) is 5.91 Å². The molecule has 2 N–H and O–H groups in total. The van der Waals surface area contributed by atoms with Crippen LogP contribution in [0.5, 0.6) is 0 Å². The van der Waals surface area contributed by atoms with Crippen molar-refractivity contribution in [3.05, 3.63) is 64.1 Å². The summed E-state index contributed by atoms with van der Waals surface area (Å²) in [5, 5.41) is 0. The van der Waals surface area contributed by atoms with Gasteiger partial charge in [-0.15, -0.1) is 0 Å². The van der Waals surface area contributed by atoms with Crippen LogP contribution in [0.3, 0.4) is 0 Å². The van der Waals surface area contributed by atoms with Crippen molar-refractivity contribution in [2.45, 2.75) is 19.9 Å². The van der Waals surface area contributed by atoms with Gasteiger partial charge in [-0.1, -0.05) is 37.3 Å². The van der Waals surface area contributed by atoms with E-state index in [0.29, 0.717) is 17.8 Å². The van der Waals surface area contributed by atoms with Crippen LogP contribution in [0.2, 0.25) is 0 Å². The molecule has 0 atom stereocenters. The first-order valence-electron chi connectivity index (χ1n) is 7.00. The van der Waals surface area contributed by atoms with Crippen LogP contribution in [-0.2, 0) is 6.54 Å². The van der Waals surface area contributed by atoms with Crippen LogP contribution in [0.4, 0.5) is 5.69 Å². The molecule has 110 valence electrons. The standard InChI is InChI=1S/C17H19BrN2O/c1-2-10-20(12-13-6-4-3-5-7-13)17(21)14-8-9-15(18)16(19)11-14/h3-9,11H,2,10,12,19H2,1H3. The van der Waals surface area contributed by atoms with Crippen molar-refractivity contribution in [3.63, 3.8) is 0 Å². The van der Waals surface area contributed by atoms with Gasteiger partial charge in [-0.3, -0.25) is 4.79 Å². The summed E-state index contributed by atoms with van der Waals surface area (Å²) in [5.41, 5.74) is 8.20. The molecule has 2 rings (SSSR count). The van der Waals surface area contributed by atoms with Gasteiger partial charge < -0.3 is 10.6 Å². The lowest BCUT2D eigenvalue weighted by molar-refractivity contribution is 0.0743. The lowest BCUT2D eigenvalue weighted by atomic mass is 10.1. The van der Waals surface area contributed by atoms with E-state index in [0.717, 1.165) is 23.0 Å². The van der Waals surface area contributed by atoms with Gasteiger partial charge in [0.05, 0.1) is 0 Å². The van der Waals surface area contributed by atoms with Crippen LogP contribution in [0.1, 0.15) is 29.3 Å². The van der Waals surface area contributed by atoms with Gasteiger partial charge in [0.1, 0.15) is 0 Å². The predicted molar refractivity (Wildman–Crippen MR) is 90.0 cm³/mol. The summed E-state index contributed by atoms with van der Waals surface area (Å²) in [6.45, 7) is 3.41. The van der Waals surface area contributed by atoms with Gasteiger partial charge in [0.15, 0.2) is 0 Å². The molecule has 2 aromatic rings. The monoisotopic (exact) mass is 346 g/mol. The summed E-state index contributed by atoms with van der Waals surface area (Å²) in [7, 11) is 0. The predicted octanol–water partition coefficient (Wildman–Crippen LogP) is 4.08. The van der Waals surface area contributed by atoms with E-state index in [1.165, 1.54) is 0 Å². The number of hydrogen-bond acceptors (Lipinski definition) is 2. The maximum Gasteiger partial charge on any atom is 0.254 e.